The fourth-order valence-corrected chi connectivity index (χ4v) is 3.52. The molecule has 0 saturated carbocycles. The van der Waals surface area contributed by atoms with Crippen LogP contribution in [0.5, 0.6) is 17.2 Å². The van der Waals surface area contributed by atoms with E-state index in [4.69, 9.17) is 14.3 Å². The van der Waals surface area contributed by atoms with Crippen molar-refractivity contribution in [1.29, 1.82) is 0 Å². The van der Waals surface area contributed by atoms with Gasteiger partial charge in [-0.15, -0.1) is 0 Å². The highest BCUT2D eigenvalue weighted by Crippen LogP contribution is 2.35. The second-order valence-corrected chi connectivity index (χ2v) is 7.70. The number of methoxy groups -OCH3 is 1. The van der Waals surface area contributed by atoms with Gasteiger partial charge in [0.1, 0.15) is 17.2 Å². The van der Waals surface area contributed by atoms with E-state index in [1.54, 1.807) is 38.1 Å². The molecular weight excluding hydrogens is 426 g/mol. The molecule has 8 nitrogen and oxygen atoms in total. The van der Waals surface area contributed by atoms with Crippen LogP contribution in [0, 0.1) is 0 Å². The highest BCUT2D eigenvalue weighted by molar-refractivity contribution is 6.12. The number of carbonyl (C=O) groups excluding carboxylic acids is 2. The Kier molecular flexibility index (Phi) is 9.69. The number of ketones is 1. The second kappa shape index (κ2) is 12.2. The summed E-state index contributed by atoms with van der Waals surface area (Å²) in [6.45, 7) is 8.12. The molecule has 2 rings (SSSR count). The lowest BCUT2D eigenvalue weighted by molar-refractivity contribution is -0.186. The summed E-state index contributed by atoms with van der Waals surface area (Å²) < 4.78 is 10.7. The molecule has 0 aromatic heterocycles. The Morgan fingerprint density at radius 2 is 1.70 bits per heavy atom. The molecule has 0 spiro atoms. The van der Waals surface area contributed by atoms with E-state index in [1.165, 1.54) is 12.2 Å². The summed E-state index contributed by atoms with van der Waals surface area (Å²) >= 11 is 0. The Hall–Kier alpha value is -3.10. The lowest BCUT2D eigenvalue weighted by Gasteiger charge is -2.23. The Bertz CT molecular complexity index is 954. The van der Waals surface area contributed by atoms with Crippen LogP contribution in [-0.2, 0) is 27.2 Å². The number of amides is 1. The lowest BCUT2D eigenvalue weighted by Crippen LogP contribution is -2.35. The molecule has 0 aliphatic heterocycles. The topological polar surface area (TPSA) is 106 Å². The minimum absolute atomic E-state index is 0.0104. The molecule has 0 saturated heterocycles. The van der Waals surface area contributed by atoms with Crippen LogP contribution < -0.4 is 4.74 Å². The first-order chi connectivity index (χ1) is 15.7. The van der Waals surface area contributed by atoms with Gasteiger partial charge in [-0.1, -0.05) is 6.92 Å². The van der Waals surface area contributed by atoms with E-state index in [0.717, 1.165) is 6.07 Å². The fraction of sp³-hybridized carbons (Fsp3) is 0.440. The van der Waals surface area contributed by atoms with Crippen molar-refractivity contribution >= 4 is 11.7 Å². The average Bonchev–Trinajstić information content (AvgIpc) is 2.76. The number of hydroxylamine groups is 2. The predicted octanol–water partition coefficient (Wildman–Crippen LogP) is 3.65. The number of phenolic OH excluding ortho intramolecular Hbond substituents is 2. The molecule has 0 radical (unpaired) electrons. The fourth-order valence-electron chi connectivity index (χ4n) is 3.52. The molecule has 0 fully saturated rings. The normalized spacial score (nSPS) is 11.0. The monoisotopic (exact) mass is 459 g/mol. The number of hydrogen-bond donors (Lipinski definition) is 2. The highest BCUT2D eigenvalue weighted by Gasteiger charge is 2.26. The zero-order valence-corrected chi connectivity index (χ0v) is 19.9. The van der Waals surface area contributed by atoms with Gasteiger partial charge in [-0.25, -0.2) is 5.06 Å². The molecule has 0 heterocycles. The van der Waals surface area contributed by atoms with Gasteiger partial charge in [0.15, 0.2) is 5.78 Å². The summed E-state index contributed by atoms with van der Waals surface area (Å²) in [4.78, 5) is 31.8. The molecule has 2 aromatic carbocycles. The van der Waals surface area contributed by atoms with Crippen molar-refractivity contribution < 1.29 is 34.1 Å². The summed E-state index contributed by atoms with van der Waals surface area (Å²) in [5, 5.41) is 22.2. The molecule has 0 bridgehead atoms. The Balaban J connectivity index is 2.48. The number of hydrogen-bond acceptors (Lipinski definition) is 7. The van der Waals surface area contributed by atoms with Gasteiger partial charge in [0.25, 0.3) is 5.91 Å². The SMILES string of the molecule is CCON(CCOC)C(=O)Cc1c(CC)c(O)cc(O)c1C(=O)c1ccc(OC(C)C)cc1. The number of nitrogens with zero attached hydrogens (tertiary/aromatic N) is 1. The van der Waals surface area contributed by atoms with Crippen molar-refractivity contribution in [2.24, 2.45) is 0 Å². The number of carbonyl (C=O) groups is 2. The average molecular weight is 460 g/mol. The van der Waals surface area contributed by atoms with Crippen molar-refractivity contribution in [2.75, 3.05) is 26.9 Å². The van der Waals surface area contributed by atoms with Gasteiger partial charge in [-0.2, -0.15) is 0 Å². The third-order valence-corrected chi connectivity index (χ3v) is 4.96. The van der Waals surface area contributed by atoms with Crippen LogP contribution in [0.2, 0.25) is 0 Å². The maximum Gasteiger partial charge on any atom is 0.250 e. The van der Waals surface area contributed by atoms with E-state index in [2.05, 4.69) is 0 Å². The van der Waals surface area contributed by atoms with Gasteiger partial charge in [-0.05, 0) is 62.6 Å². The number of rotatable bonds is 12. The Morgan fingerprint density at radius 1 is 1.03 bits per heavy atom. The summed E-state index contributed by atoms with van der Waals surface area (Å²) in [5.41, 5.74) is 1.00. The first-order valence-electron chi connectivity index (χ1n) is 11.0. The zero-order valence-electron chi connectivity index (χ0n) is 19.9. The van der Waals surface area contributed by atoms with Gasteiger partial charge in [0.05, 0.1) is 37.8 Å². The summed E-state index contributed by atoms with van der Waals surface area (Å²) in [6, 6.07) is 7.71. The Morgan fingerprint density at radius 3 is 2.24 bits per heavy atom. The van der Waals surface area contributed by atoms with Crippen LogP contribution in [0.4, 0.5) is 0 Å². The maximum atomic E-state index is 13.4. The number of ether oxygens (including phenoxy) is 2. The van der Waals surface area contributed by atoms with Crippen molar-refractivity contribution in [3.63, 3.8) is 0 Å². The minimum atomic E-state index is -0.457. The molecule has 1 amide bonds. The van der Waals surface area contributed by atoms with Crippen LogP contribution in [0.15, 0.2) is 30.3 Å². The zero-order chi connectivity index (χ0) is 24.5. The van der Waals surface area contributed by atoms with Crippen LogP contribution in [0.25, 0.3) is 0 Å². The molecule has 180 valence electrons. The third kappa shape index (κ3) is 6.69. The van der Waals surface area contributed by atoms with E-state index < -0.39 is 11.7 Å². The van der Waals surface area contributed by atoms with E-state index in [9.17, 15) is 19.8 Å². The smallest absolute Gasteiger partial charge is 0.250 e. The number of aromatic hydroxyl groups is 2. The van der Waals surface area contributed by atoms with E-state index in [-0.39, 0.29) is 54.9 Å². The number of benzene rings is 2. The van der Waals surface area contributed by atoms with E-state index >= 15 is 0 Å². The van der Waals surface area contributed by atoms with Crippen molar-refractivity contribution in [2.45, 2.75) is 46.6 Å². The van der Waals surface area contributed by atoms with Gasteiger partial charge >= 0.3 is 0 Å². The molecule has 2 N–H and O–H groups in total. The predicted molar refractivity (Wildman–Crippen MR) is 124 cm³/mol. The van der Waals surface area contributed by atoms with Crippen LogP contribution in [0.3, 0.4) is 0 Å². The summed E-state index contributed by atoms with van der Waals surface area (Å²) in [6.07, 6.45) is 0.122. The van der Waals surface area contributed by atoms with E-state index in [0.29, 0.717) is 23.3 Å². The number of phenols is 2. The van der Waals surface area contributed by atoms with Crippen molar-refractivity contribution in [3.8, 4) is 17.2 Å². The third-order valence-electron chi connectivity index (χ3n) is 4.96. The van der Waals surface area contributed by atoms with Gasteiger partial charge < -0.3 is 19.7 Å². The maximum absolute atomic E-state index is 13.4. The first-order valence-corrected chi connectivity index (χ1v) is 11.0. The molecule has 0 aliphatic rings. The summed E-state index contributed by atoms with van der Waals surface area (Å²) in [5.74, 6) is -0.814. The van der Waals surface area contributed by atoms with Gasteiger partial charge in [0, 0.05) is 18.7 Å². The van der Waals surface area contributed by atoms with Crippen LogP contribution in [-0.4, -0.2) is 59.9 Å². The molecule has 2 aromatic rings. The molecule has 33 heavy (non-hydrogen) atoms. The molecule has 0 unspecified atom stereocenters. The minimum Gasteiger partial charge on any atom is -0.508 e. The molecule has 8 heteroatoms. The molecule has 0 aliphatic carbocycles. The largest absolute Gasteiger partial charge is 0.508 e. The second-order valence-electron chi connectivity index (χ2n) is 7.70. The first kappa shape index (κ1) is 26.2. The van der Waals surface area contributed by atoms with Crippen molar-refractivity contribution in [1.82, 2.24) is 5.06 Å². The quantitative estimate of drug-likeness (QED) is 0.369. The van der Waals surface area contributed by atoms with Crippen molar-refractivity contribution in [3.05, 3.63) is 52.6 Å². The molecule has 0 atom stereocenters. The summed E-state index contributed by atoms with van der Waals surface area (Å²) in [7, 11) is 1.52. The van der Waals surface area contributed by atoms with E-state index in [1.807, 2.05) is 13.8 Å². The standard InChI is InChI=1S/C25H33NO7/c1-6-19-20(14-23(29)26(32-7-2)12-13-31-5)24(22(28)15-21(19)27)25(30)17-8-10-18(11-9-17)33-16(3)4/h8-11,15-16,27-28H,6-7,12-14H2,1-5H3. The highest BCUT2D eigenvalue weighted by atomic mass is 16.7. The van der Waals surface area contributed by atoms with Gasteiger partial charge in [-0.3, -0.25) is 14.4 Å². The van der Waals surface area contributed by atoms with Gasteiger partial charge in [0.2, 0.25) is 0 Å². The van der Waals surface area contributed by atoms with Crippen LogP contribution >= 0.6 is 0 Å². The molecular formula is C25H33NO7. The lowest BCUT2D eigenvalue weighted by atomic mass is 9.90. The van der Waals surface area contributed by atoms with Crippen LogP contribution in [0.1, 0.15) is 54.7 Å². The Labute approximate surface area is 194 Å².